The minimum absolute atomic E-state index is 0.102. The summed E-state index contributed by atoms with van der Waals surface area (Å²) in [6, 6.07) is 10.9. The smallest absolute Gasteiger partial charge is 0.294 e. The van der Waals surface area contributed by atoms with Crippen LogP contribution in [0.25, 0.3) is 0 Å². The van der Waals surface area contributed by atoms with Crippen LogP contribution in [0.1, 0.15) is 76.7 Å². The van der Waals surface area contributed by atoms with Crippen LogP contribution >= 0.6 is 0 Å². The number of hydrogen-bond acceptors (Lipinski definition) is 4. The second-order valence-electron chi connectivity index (χ2n) is 7.74. The largest absolute Gasteiger partial charge is 0.508 e. The number of aromatic hydroxyl groups is 1. The molecule has 5 nitrogen and oxygen atoms in total. The van der Waals surface area contributed by atoms with Crippen LogP contribution in [0.15, 0.2) is 47.4 Å². The van der Waals surface area contributed by atoms with Crippen LogP contribution in [0, 0.1) is 0 Å². The highest BCUT2D eigenvalue weighted by Gasteiger charge is 2.19. The molecule has 0 saturated carbocycles. The molecule has 2 aromatic rings. The van der Waals surface area contributed by atoms with E-state index in [2.05, 4.69) is 6.92 Å². The monoisotopic (exact) mass is 434 g/mol. The number of rotatable bonds is 14. The van der Waals surface area contributed by atoms with Gasteiger partial charge in [0, 0.05) is 5.56 Å². The number of benzene rings is 2. The van der Waals surface area contributed by atoms with E-state index >= 15 is 0 Å². The lowest BCUT2D eigenvalue weighted by atomic mass is 10.0. The maximum atomic E-state index is 11.9. The Hall–Kier alpha value is -2.05. The van der Waals surface area contributed by atoms with Crippen molar-refractivity contribution in [3.05, 3.63) is 48.0 Å². The van der Waals surface area contributed by atoms with Crippen LogP contribution in [0.3, 0.4) is 0 Å². The molecule has 0 aliphatic carbocycles. The van der Waals surface area contributed by atoms with E-state index in [4.69, 9.17) is 4.74 Å². The zero-order valence-corrected chi connectivity index (χ0v) is 18.7. The third-order valence-corrected chi connectivity index (χ3v) is 6.15. The van der Waals surface area contributed by atoms with E-state index in [-0.39, 0.29) is 10.6 Å². The van der Waals surface area contributed by atoms with Crippen molar-refractivity contribution in [3.8, 4) is 17.2 Å². The van der Waals surface area contributed by atoms with Gasteiger partial charge in [-0.1, -0.05) is 70.8 Å². The van der Waals surface area contributed by atoms with Crippen molar-refractivity contribution in [2.75, 3.05) is 0 Å². The maximum absolute atomic E-state index is 11.9. The summed E-state index contributed by atoms with van der Waals surface area (Å²) in [5.74, 6) is 1.02. The second kappa shape index (κ2) is 12.6. The van der Waals surface area contributed by atoms with E-state index in [9.17, 15) is 18.1 Å². The fourth-order valence-electron chi connectivity index (χ4n) is 3.56. The summed E-state index contributed by atoms with van der Waals surface area (Å²) in [6.07, 6.45) is 12.4. The Balaban J connectivity index is 1.93. The third-order valence-electron chi connectivity index (χ3n) is 5.21. The van der Waals surface area contributed by atoms with Crippen molar-refractivity contribution in [3.63, 3.8) is 0 Å². The normalized spacial score (nSPS) is 11.5. The molecule has 0 amide bonds. The topological polar surface area (TPSA) is 83.8 Å². The minimum atomic E-state index is -4.34. The van der Waals surface area contributed by atoms with Gasteiger partial charge >= 0.3 is 0 Å². The lowest BCUT2D eigenvalue weighted by Crippen LogP contribution is -2.05. The summed E-state index contributed by atoms with van der Waals surface area (Å²) in [7, 11) is -4.34. The van der Waals surface area contributed by atoms with Crippen LogP contribution in [-0.4, -0.2) is 18.1 Å². The summed E-state index contributed by atoms with van der Waals surface area (Å²) in [5.41, 5.74) is 0.493. The van der Waals surface area contributed by atoms with E-state index in [0.717, 1.165) is 19.3 Å². The molecule has 0 atom stereocenters. The van der Waals surface area contributed by atoms with Crippen LogP contribution in [0.4, 0.5) is 0 Å². The summed E-state index contributed by atoms with van der Waals surface area (Å²) >= 11 is 0. The molecule has 2 rings (SSSR count). The molecule has 2 N–H and O–H groups in total. The van der Waals surface area contributed by atoms with Crippen LogP contribution in [0.5, 0.6) is 17.2 Å². The molecular formula is C24H34O5S. The zero-order valence-electron chi connectivity index (χ0n) is 17.8. The Morgan fingerprint density at radius 1 is 0.800 bits per heavy atom. The molecule has 2 aromatic carbocycles. The molecule has 0 fully saturated rings. The summed E-state index contributed by atoms with van der Waals surface area (Å²) in [4.78, 5) is -0.102. The zero-order chi connectivity index (χ0) is 21.8. The molecule has 0 bridgehead atoms. The third kappa shape index (κ3) is 8.36. The fraction of sp³-hybridized carbons (Fsp3) is 0.500. The van der Waals surface area contributed by atoms with Gasteiger partial charge in [-0.15, -0.1) is 0 Å². The molecule has 0 aromatic heterocycles. The lowest BCUT2D eigenvalue weighted by molar-refractivity contribution is 0.456. The predicted molar refractivity (Wildman–Crippen MR) is 120 cm³/mol. The van der Waals surface area contributed by atoms with Crippen molar-refractivity contribution in [2.45, 2.75) is 82.4 Å². The van der Waals surface area contributed by atoms with E-state index in [1.54, 1.807) is 24.3 Å². The highest BCUT2D eigenvalue weighted by atomic mass is 32.2. The first-order valence-corrected chi connectivity index (χ1v) is 12.4. The first-order chi connectivity index (χ1) is 14.4. The number of ether oxygens (including phenoxy) is 1. The van der Waals surface area contributed by atoms with Gasteiger partial charge in [0.25, 0.3) is 10.1 Å². The molecule has 166 valence electrons. The van der Waals surface area contributed by atoms with Gasteiger partial charge in [-0.25, -0.2) is 0 Å². The van der Waals surface area contributed by atoms with Gasteiger partial charge in [0.1, 0.15) is 22.1 Å². The number of unbranched alkanes of at least 4 members (excludes halogenated alkanes) is 9. The molecular weight excluding hydrogens is 400 g/mol. The van der Waals surface area contributed by atoms with E-state index in [0.29, 0.717) is 23.5 Å². The Morgan fingerprint density at radius 2 is 1.37 bits per heavy atom. The van der Waals surface area contributed by atoms with Crippen LogP contribution in [-0.2, 0) is 16.5 Å². The molecule has 0 aliphatic rings. The average molecular weight is 435 g/mol. The van der Waals surface area contributed by atoms with Gasteiger partial charge in [0.2, 0.25) is 0 Å². The van der Waals surface area contributed by atoms with Gasteiger partial charge in [-0.3, -0.25) is 4.55 Å². The molecule has 30 heavy (non-hydrogen) atoms. The Bertz CT molecular complexity index is 860. The summed E-state index contributed by atoms with van der Waals surface area (Å²) in [6.45, 7) is 2.22. The van der Waals surface area contributed by atoms with Gasteiger partial charge in [0.05, 0.1) is 0 Å². The molecule has 0 radical (unpaired) electrons. The molecule has 0 unspecified atom stereocenters. The Labute approximate surface area is 180 Å². The van der Waals surface area contributed by atoms with Crippen LogP contribution < -0.4 is 4.74 Å². The Morgan fingerprint density at radius 3 is 1.93 bits per heavy atom. The standard InChI is InChI=1S/C24H34O5S/c1-2-3-4-5-6-7-8-9-10-11-13-22-23(14-12-15-24(22)30(26,27)28)29-21-18-16-20(25)17-19-21/h12,14-19,25H,2-11,13H2,1H3,(H,26,27,28). The average Bonchev–Trinajstić information content (AvgIpc) is 2.71. The number of phenolic OH excluding ortho intramolecular Hbond substituents is 1. The van der Waals surface area contributed by atoms with Gasteiger partial charge in [0.15, 0.2) is 0 Å². The second-order valence-corrected chi connectivity index (χ2v) is 9.13. The van der Waals surface area contributed by atoms with E-state index < -0.39 is 10.1 Å². The predicted octanol–water partition coefficient (Wildman–Crippen LogP) is 6.89. The van der Waals surface area contributed by atoms with Crippen molar-refractivity contribution in [1.82, 2.24) is 0 Å². The van der Waals surface area contributed by atoms with Gasteiger partial charge in [-0.05, 0) is 49.2 Å². The molecule has 6 heteroatoms. The Kier molecular flexibility index (Phi) is 10.2. The molecule has 0 heterocycles. The van der Waals surface area contributed by atoms with Crippen molar-refractivity contribution < 1.29 is 22.8 Å². The minimum Gasteiger partial charge on any atom is -0.508 e. The number of hydrogen-bond donors (Lipinski definition) is 2. The quantitative estimate of drug-likeness (QED) is 0.250. The highest BCUT2D eigenvalue weighted by molar-refractivity contribution is 7.85. The number of phenols is 1. The molecule has 0 saturated heterocycles. The molecule has 0 aliphatic heterocycles. The first kappa shape index (κ1) is 24.2. The first-order valence-electron chi connectivity index (χ1n) is 11.0. The maximum Gasteiger partial charge on any atom is 0.294 e. The van der Waals surface area contributed by atoms with E-state index in [1.165, 1.54) is 63.1 Å². The fourth-order valence-corrected chi connectivity index (χ4v) is 4.32. The van der Waals surface area contributed by atoms with Crippen LogP contribution in [0.2, 0.25) is 0 Å². The summed E-state index contributed by atoms with van der Waals surface area (Å²) < 4.78 is 39.2. The highest BCUT2D eigenvalue weighted by Crippen LogP contribution is 2.32. The molecule has 0 spiro atoms. The van der Waals surface area contributed by atoms with Gasteiger partial charge in [-0.2, -0.15) is 8.42 Å². The SMILES string of the molecule is CCCCCCCCCCCCc1c(Oc2ccc(O)cc2)cccc1S(=O)(=O)O. The van der Waals surface area contributed by atoms with E-state index in [1.807, 2.05) is 0 Å². The van der Waals surface area contributed by atoms with Crippen molar-refractivity contribution in [1.29, 1.82) is 0 Å². The van der Waals surface area contributed by atoms with Crippen molar-refractivity contribution >= 4 is 10.1 Å². The van der Waals surface area contributed by atoms with Crippen molar-refractivity contribution in [2.24, 2.45) is 0 Å². The summed E-state index contributed by atoms with van der Waals surface area (Å²) in [5, 5.41) is 9.42. The van der Waals surface area contributed by atoms with Gasteiger partial charge < -0.3 is 9.84 Å². The lowest BCUT2D eigenvalue weighted by Gasteiger charge is -2.14.